The van der Waals surface area contributed by atoms with Gasteiger partial charge in [0.1, 0.15) is 0 Å². The Bertz CT molecular complexity index is 731. The van der Waals surface area contributed by atoms with Crippen LogP contribution in [-0.2, 0) is 6.18 Å². The molecule has 8 heteroatoms. The van der Waals surface area contributed by atoms with Gasteiger partial charge in [-0.05, 0) is 0 Å². The molecule has 1 unspecified atom stereocenters. The van der Waals surface area contributed by atoms with E-state index in [1.165, 1.54) is 12.8 Å². The summed E-state index contributed by atoms with van der Waals surface area (Å²) in [6.07, 6.45) is 6.04. The summed E-state index contributed by atoms with van der Waals surface area (Å²) >= 11 is -0.677. The molecule has 24 heavy (non-hydrogen) atoms. The van der Waals surface area contributed by atoms with Gasteiger partial charge < -0.3 is 0 Å². The fraction of sp³-hybridized carbons (Fsp3) is 0.688. The average Bonchev–Trinajstić information content (AvgIpc) is 3.29. The minimum atomic E-state index is -4.50. The average molecular weight is 400 g/mol. The quantitative estimate of drug-likeness (QED) is 0.586. The van der Waals surface area contributed by atoms with Crippen LogP contribution in [0.25, 0.3) is 11.2 Å². The van der Waals surface area contributed by atoms with E-state index in [0.717, 1.165) is 38.5 Å². The molecule has 2 aliphatic rings. The van der Waals surface area contributed by atoms with Gasteiger partial charge in [0, 0.05) is 0 Å². The van der Waals surface area contributed by atoms with E-state index in [1.807, 2.05) is 4.57 Å². The Balaban J connectivity index is 1.80. The molecule has 0 N–H and O–H groups in total. The zero-order valence-corrected chi connectivity index (χ0v) is 15.4. The third-order valence-electron chi connectivity index (χ3n) is 4.81. The van der Waals surface area contributed by atoms with E-state index in [9.17, 15) is 13.2 Å². The summed E-state index contributed by atoms with van der Waals surface area (Å²) in [6.45, 7) is 0. The molecule has 2 aromatic heterocycles. The first-order valence-electron chi connectivity index (χ1n) is 8.60. The second kappa shape index (κ2) is 6.32. The molecule has 2 aliphatic carbocycles. The van der Waals surface area contributed by atoms with Gasteiger partial charge in [-0.3, -0.25) is 0 Å². The Morgan fingerprint density at radius 2 is 1.71 bits per heavy atom. The maximum absolute atomic E-state index is 13.3. The van der Waals surface area contributed by atoms with Crippen molar-refractivity contribution in [2.24, 2.45) is 0 Å². The van der Waals surface area contributed by atoms with E-state index in [4.69, 9.17) is 0 Å². The molecule has 0 radical (unpaired) electrons. The van der Waals surface area contributed by atoms with Crippen molar-refractivity contribution in [1.29, 1.82) is 0 Å². The monoisotopic (exact) mass is 400 g/mol. The van der Waals surface area contributed by atoms with Crippen molar-refractivity contribution in [3.63, 3.8) is 0 Å². The van der Waals surface area contributed by atoms with E-state index < -0.39 is 27.8 Å². The normalized spacial score (nSPS) is 21.0. The number of hydrogen-bond acceptors (Lipinski definition) is 3. The van der Waals surface area contributed by atoms with Gasteiger partial charge in [0.2, 0.25) is 0 Å². The molecule has 2 aromatic rings. The van der Waals surface area contributed by atoms with Gasteiger partial charge in [0.15, 0.2) is 0 Å². The first-order chi connectivity index (χ1) is 11.5. The Morgan fingerprint density at radius 1 is 1.00 bits per heavy atom. The van der Waals surface area contributed by atoms with Crippen LogP contribution < -0.4 is 4.48 Å². The van der Waals surface area contributed by atoms with Crippen LogP contribution in [0, 0.1) is 0 Å². The van der Waals surface area contributed by atoms with Crippen LogP contribution in [0.1, 0.15) is 63.2 Å². The second-order valence-electron chi connectivity index (χ2n) is 6.78. The Labute approximate surface area is 145 Å². The van der Waals surface area contributed by atoms with Gasteiger partial charge in [0.25, 0.3) is 0 Å². The summed E-state index contributed by atoms with van der Waals surface area (Å²) in [6, 6.07) is 0.210. The summed E-state index contributed by atoms with van der Waals surface area (Å²) in [5.41, 5.74) is 1.00. The van der Waals surface area contributed by atoms with Crippen molar-refractivity contribution < 1.29 is 13.2 Å². The molecule has 2 heterocycles. The summed E-state index contributed by atoms with van der Waals surface area (Å²) in [7, 11) is 0. The summed E-state index contributed by atoms with van der Waals surface area (Å²) in [4.78, 5) is 12.2. The van der Waals surface area contributed by atoms with Crippen molar-refractivity contribution in [3.05, 3.63) is 12.2 Å². The predicted molar refractivity (Wildman–Crippen MR) is 86.8 cm³/mol. The molecule has 0 bridgehead atoms. The zero-order chi connectivity index (χ0) is 16.7. The summed E-state index contributed by atoms with van der Waals surface area (Å²) in [5, 5.41) is 0. The third kappa shape index (κ3) is 3.32. The van der Waals surface area contributed by atoms with Gasteiger partial charge in [-0.15, -0.1) is 0 Å². The second-order valence-corrected chi connectivity index (χ2v) is 10.1. The third-order valence-corrected chi connectivity index (χ3v) is 8.18. The molecule has 4 rings (SSSR count). The van der Waals surface area contributed by atoms with E-state index in [1.54, 1.807) is 6.33 Å². The first-order valence-corrected chi connectivity index (χ1v) is 10.9. The van der Waals surface area contributed by atoms with E-state index >= 15 is 0 Å². The van der Waals surface area contributed by atoms with Gasteiger partial charge in [-0.2, -0.15) is 0 Å². The van der Waals surface area contributed by atoms with Crippen molar-refractivity contribution >= 4 is 31.4 Å². The molecule has 2 fully saturated rings. The fourth-order valence-corrected chi connectivity index (χ4v) is 6.15. The van der Waals surface area contributed by atoms with Crippen LogP contribution in [0.3, 0.4) is 0 Å². The number of halogens is 3. The zero-order valence-electron chi connectivity index (χ0n) is 13.3. The fourth-order valence-electron chi connectivity index (χ4n) is 3.37. The molecule has 4 nitrogen and oxygen atoms in total. The molecule has 0 saturated heterocycles. The van der Waals surface area contributed by atoms with Crippen LogP contribution in [0.15, 0.2) is 6.33 Å². The van der Waals surface area contributed by atoms with Crippen LogP contribution in [-0.4, -0.2) is 35.3 Å². The number of nitrogens with zero attached hydrogens (tertiary/aromatic N) is 4. The molecule has 0 amide bonds. The van der Waals surface area contributed by atoms with E-state index in [0.29, 0.717) is 20.4 Å². The van der Waals surface area contributed by atoms with Crippen molar-refractivity contribution in [2.45, 2.75) is 68.3 Å². The Kier molecular flexibility index (Phi) is 4.31. The number of hydrogen-bond donors (Lipinski definition) is 0. The Hall–Kier alpha value is -1.10. The maximum atomic E-state index is 13.3. The van der Waals surface area contributed by atoms with Crippen LogP contribution in [0.5, 0.6) is 0 Å². The Morgan fingerprint density at radius 3 is 2.33 bits per heavy atom. The summed E-state index contributed by atoms with van der Waals surface area (Å²) < 4.78 is 42.8. The molecular formula is C16H20AsF3N4. The topological polar surface area (TPSA) is 43.6 Å². The van der Waals surface area contributed by atoms with Gasteiger partial charge in [0.05, 0.1) is 0 Å². The number of alkyl halides is 3. The molecule has 0 spiro atoms. The summed E-state index contributed by atoms with van der Waals surface area (Å²) in [5.74, 6) is -0.996. The molecule has 0 aliphatic heterocycles. The van der Waals surface area contributed by atoms with Crippen molar-refractivity contribution in [2.75, 3.05) is 0 Å². The first kappa shape index (κ1) is 16.4. The SMILES string of the molecule is FC(F)(F)c1nc([AsH]C2CC2)c2ncn(C3CCCCCC3)c2n1. The molecule has 0 aromatic carbocycles. The number of imidazole rings is 1. The van der Waals surface area contributed by atoms with Crippen LogP contribution in [0.2, 0.25) is 4.71 Å². The predicted octanol–water partition coefficient (Wildman–Crippen LogP) is 3.38. The standard InChI is InChI=1S/C16H20AsF3N4/c18-16(19,20)15-22-13(17-10-7-8-10)12-14(23-15)24(9-21-12)11-5-3-1-2-4-6-11/h9-11,17H,1-8H2. The van der Waals surface area contributed by atoms with Crippen molar-refractivity contribution in [3.8, 4) is 0 Å². The number of aromatic nitrogens is 4. The van der Waals surface area contributed by atoms with Crippen LogP contribution >= 0.6 is 0 Å². The van der Waals surface area contributed by atoms with E-state index in [-0.39, 0.29) is 6.04 Å². The number of fused-ring (bicyclic) bond motifs is 1. The van der Waals surface area contributed by atoms with Gasteiger partial charge in [-0.25, -0.2) is 0 Å². The van der Waals surface area contributed by atoms with Gasteiger partial charge in [-0.1, -0.05) is 0 Å². The van der Waals surface area contributed by atoms with E-state index in [2.05, 4.69) is 15.0 Å². The number of rotatable bonds is 3. The van der Waals surface area contributed by atoms with Crippen molar-refractivity contribution in [1.82, 2.24) is 19.5 Å². The molecular weight excluding hydrogens is 380 g/mol. The molecule has 1 atom stereocenters. The van der Waals surface area contributed by atoms with Gasteiger partial charge >= 0.3 is 145 Å². The van der Waals surface area contributed by atoms with Crippen LogP contribution in [0.4, 0.5) is 13.2 Å². The minimum absolute atomic E-state index is 0.210. The molecule has 130 valence electrons. The molecule has 2 saturated carbocycles.